The number of rotatable bonds is 10. The van der Waals surface area contributed by atoms with Crippen molar-refractivity contribution in [2.75, 3.05) is 19.6 Å². The summed E-state index contributed by atoms with van der Waals surface area (Å²) in [6.45, 7) is 7.28. The molecule has 2 unspecified atom stereocenters. The number of aromatic nitrogens is 1. The maximum Gasteiger partial charge on any atom is 0.120 e. The van der Waals surface area contributed by atoms with E-state index in [1.54, 1.807) is 0 Å². The fourth-order valence-electron chi connectivity index (χ4n) is 4.28. The molecule has 0 amide bonds. The lowest BCUT2D eigenvalue weighted by Gasteiger charge is -2.30. The van der Waals surface area contributed by atoms with Crippen molar-refractivity contribution in [3.63, 3.8) is 0 Å². The molecule has 0 bridgehead atoms. The Hall–Kier alpha value is -3.08. The van der Waals surface area contributed by atoms with Crippen LogP contribution in [0, 0.1) is 0 Å². The van der Waals surface area contributed by atoms with E-state index in [1.165, 1.54) is 0 Å². The van der Waals surface area contributed by atoms with Gasteiger partial charge in [0.25, 0.3) is 0 Å². The maximum atomic E-state index is 11.3. The van der Waals surface area contributed by atoms with E-state index in [2.05, 4.69) is 72.0 Å². The lowest BCUT2D eigenvalue weighted by molar-refractivity contribution is 0.0862. The molecule has 1 N–H and O–H groups in total. The van der Waals surface area contributed by atoms with Crippen molar-refractivity contribution in [2.24, 2.45) is 0 Å². The Balaban J connectivity index is 1.62. The SMILES string of the molecule is CCN(CC)CC(O)C(c1ccccc1)n1ccc2cc(OCc3ccccc3)ccc21. The summed E-state index contributed by atoms with van der Waals surface area (Å²) < 4.78 is 8.21. The molecule has 32 heavy (non-hydrogen) atoms. The van der Waals surface area contributed by atoms with Crippen molar-refractivity contribution in [2.45, 2.75) is 32.6 Å². The van der Waals surface area contributed by atoms with Crippen LogP contribution in [0.2, 0.25) is 0 Å². The third kappa shape index (κ3) is 5.04. The quantitative estimate of drug-likeness (QED) is 0.362. The van der Waals surface area contributed by atoms with E-state index in [0.29, 0.717) is 13.2 Å². The van der Waals surface area contributed by atoms with Gasteiger partial charge in [-0.25, -0.2) is 0 Å². The molecule has 4 nitrogen and oxygen atoms in total. The van der Waals surface area contributed by atoms with Crippen molar-refractivity contribution in [3.05, 3.63) is 102 Å². The van der Waals surface area contributed by atoms with Gasteiger partial charge in [0.15, 0.2) is 0 Å². The van der Waals surface area contributed by atoms with Crippen LogP contribution in [0.25, 0.3) is 10.9 Å². The van der Waals surface area contributed by atoms with Gasteiger partial charge in [0.1, 0.15) is 12.4 Å². The van der Waals surface area contributed by atoms with Crippen LogP contribution in [-0.2, 0) is 6.61 Å². The zero-order valence-corrected chi connectivity index (χ0v) is 18.9. The molecule has 0 aliphatic heterocycles. The first-order chi connectivity index (χ1) is 15.7. The molecule has 0 aliphatic rings. The summed E-state index contributed by atoms with van der Waals surface area (Å²) >= 11 is 0. The number of hydrogen-bond donors (Lipinski definition) is 1. The molecule has 166 valence electrons. The monoisotopic (exact) mass is 428 g/mol. The largest absolute Gasteiger partial charge is 0.489 e. The number of aliphatic hydroxyl groups is 1. The lowest BCUT2D eigenvalue weighted by Crippen LogP contribution is -2.37. The number of ether oxygens (including phenoxy) is 1. The van der Waals surface area contributed by atoms with Crippen molar-refractivity contribution in [3.8, 4) is 5.75 Å². The second-order valence-electron chi connectivity index (χ2n) is 8.13. The molecule has 0 spiro atoms. The molecule has 0 saturated heterocycles. The van der Waals surface area contributed by atoms with Crippen molar-refractivity contribution in [1.29, 1.82) is 0 Å². The summed E-state index contributed by atoms with van der Waals surface area (Å²) in [6, 6.07) is 28.6. The van der Waals surface area contributed by atoms with Gasteiger partial charge in [-0.3, -0.25) is 0 Å². The fourth-order valence-corrected chi connectivity index (χ4v) is 4.28. The maximum absolute atomic E-state index is 11.3. The molecule has 0 aliphatic carbocycles. The first kappa shape index (κ1) is 22.1. The predicted molar refractivity (Wildman–Crippen MR) is 131 cm³/mol. The Morgan fingerprint density at radius 3 is 2.25 bits per heavy atom. The van der Waals surface area contributed by atoms with Gasteiger partial charge in [0.2, 0.25) is 0 Å². The van der Waals surface area contributed by atoms with Crippen LogP contribution in [0.3, 0.4) is 0 Å². The van der Waals surface area contributed by atoms with E-state index in [-0.39, 0.29) is 6.04 Å². The van der Waals surface area contributed by atoms with Gasteiger partial charge in [-0.05, 0) is 48.5 Å². The Kier molecular flexibility index (Phi) is 7.25. The van der Waals surface area contributed by atoms with Crippen molar-refractivity contribution < 1.29 is 9.84 Å². The number of benzene rings is 3. The number of aliphatic hydroxyl groups excluding tert-OH is 1. The van der Waals surface area contributed by atoms with Crippen molar-refractivity contribution in [1.82, 2.24) is 9.47 Å². The first-order valence-corrected chi connectivity index (χ1v) is 11.4. The van der Waals surface area contributed by atoms with Crippen LogP contribution in [-0.4, -0.2) is 40.3 Å². The van der Waals surface area contributed by atoms with Gasteiger partial charge < -0.3 is 19.3 Å². The van der Waals surface area contributed by atoms with Gasteiger partial charge in [-0.1, -0.05) is 74.5 Å². The summed E-state index contributed by atoms with van der Waals surface area (Å²) in [6.07, 6.45) is 1.55. The molecule has 0 saturated carbocycles. The third-order valence-electron chi connectivity index (χ3n) is 6.09. The second-order valence-corrected chi connectivity index (χ2v) is 8.13. The van der Waals surface area contributed by atoms with Gasteiger partial charge in [-0.2, -0.15) is 0 Å². The zero-order chi connectivity index (χ0) is 22.3. The summed E-state index contributed by atoms with van der Waals surface area (Å²) in [5.41, 5.74) is 3.34. The minimum absolute atomic E-state index is 0.162. The Morgan fingerprint density at radius 2 is 1.56 bits per heavy atom. The summed E-state index contributed by atoms with van der Waals surface area (Å²) in [7, 11) is 0. The number of hydrogen-bond acceptors (Lipinski definition) is 3. The van der Waals surface area contributed by atoms with Gasteiger partial charge in [0, 0.05) is 23.6 Å². The molecular formula is C28H32N2O2. The minimum Gasteiger partial charge on any atom is -0.489 e. The van der Waals surface area contributed by atoms with E-state index in [9.17, 15) is 5.11 Å². The summed E-state index contributed by atoms with van der Waals surface area (Å²) in [4.78, 5) is 2.27. The van der Waals surface area contributed by atoms with Gasteiger partial charge in [0.05, 0.1) is 12.1 Å². The van der Waals surface area contributed by atoms with Gasteiger partial charge in [-0.15, -0.1) is 0 Å². The standard InChI is InChI=1S/C28H32N2O2/c1-3-29(4-2)20-27(31)28(23-13-9-6-10-14-23)30-18-17-24-19-25(15-16-26(24)30)32-21-22-11-7-5-8-12-22/h5-19,27-28,31H,3-4,20-21H2,1-2H3. The highest BCUT2D eigenvalue weighted by molar-refractivity contribution is 5.82. The molecule has 2 atom stereocenters. The van der Waals surface area contributed by atoms with Crippen LogP contribution >= 0.6 is 0 Å². The molecule has 0 fully saturated rings. The lowest BCUT2D eigenvalue weighted by atomic mass is 10.00. The molecule has 4 aromatic rings. The number of likely N-dealkylation sites (N-methyl/N-ethyl adjacent to an activating group) is 1. The zero-order valence-electron chi connectivity index (χ0n) is 18.9. The second kappa shape index (κ2) is 10.5. The molecule has 4 rings (SSSR count). The van der Waals surface area contributed by atoms with E-state index < -0.39 is 6.10 Å². The van der Waals surface area contributed by atoms with E-state index in [1.807, 2.05) is 42.5 Å². The smallest absolute Gasteiger partial charge is 0.120 e. The highest BCUT2D eigenvalue weighted by Gasteiger charge is 2.25. The van der Waals surface area contributed by atoms with E-state index in [4.69, 9.17) is 4.74 Å². The summed E-state index contributed by atoms with van der Waals surface area (Å²) in [5, 5.41) is 12.4. The first-order valence-electron chi connectivity index (χ1n) is 11.4. The fraction of sp³-hybridized carbons (Fsp3) is 0.286. The number of nitrogens with zero attached hydrogens (tertiary/aromatic N) is 2. The van der Waals surface area contributed by atoms with E-state index in [0.717, 1.165) is 40.9 Å². The molecule has 3 aromatic carbocycles. The Labute approximate surface area is 190 Å². The van der Waals surface area contributed by atoms with Crippen LogP contribution in [0.15, 0.2) is 91.1 Å². The Morgan fingerprint density at radius 1 is 0.875 bits per heavy atom. The normalized spacial score (nSPS) is 13.4. The topological polar surface area (TPSA) is 37.6 Å². The Bertz CT molecular complexity index is 1100. The van der Waals surface area contributed by atoms with Crippen LogP contribution < -0.4 is 4.74 Å². The highest BCUT2D eigenvalue weighted by Crippen LogP contribution is 2.30. The van der Waals surface area contributed by atoms with E-state index >= 15 is 0 Å². The number of fused-ring (bicyclic) bond motifs is 1. The molecule has 1 aromatic heterocycles. The molecule has 4 heteroatoms. The van der Waals surface area contributed by atoms with Crippen LogP contribution in [0.1, 0.15) is 31.0 Å². The summed E-state index contributed by atoms with van der Waals surface area (Å²) in [5.74, 6) is 0.846. The average molecular weight is 429 g/mol. The van der Waals surface area contributed by atoms with Gasteiger partial charge >= 0.3 is 0 Å². The predicted octanol–water partition coefficient (Wildman–Crippen LogP) is 5.51. The van der Waals surface area contributed by atoms with Crippen molar-refractivity contribution >= 4 is 10.9 Å². The minimum atomic E-state index is -0.526. The molecule has 0 radical (unpaired) electrons. The molecular weight excluding hydrogens is 396 g/mol. The third-order valence-corrected chi connectivity index (χ3v) is 6.09. The molecule has 1 heterocycles. The highest BCUT2D eigenvalue weighted by atomic mass is 16.5. The average Bonchev–Trinajstić information content (AvgIpc) is 3.25. The van der Waals surface area contributed by atoms with Crippen LogP contribution in [0.4, 0.5) is 0 Å². The van der Waals surface area contributed by atoms with Crippen LogP contribution in [0.5, 0.6) is 5.75 Å².